The van der Waals surface area contributed by atoms with E-state index in [0.717, 1.165) is 5.75 Å². The van der Waals surface area contributed by atoms with E-state index in [2.05, 4.69) is 0 Å². The van der Waals surface area contributed by atoms with Crippen LogP contribution in [0.4, 0.5) is 5.69 Å². The fraction of sp³-hybridized carbons (Fsp3) is 0.143. The molecule has 0 aromatic heterocycles. The van der Waals surface area contributed by atoms with Crippen molar-refractivity contribution in [2.24, 2.45) is 0 Å². The molecule has 47 valence electrons. The molecule has 9 heavy (non-hydrogen) atoms. The van der Waals surface area contributed by atoms with Crippen molar-refractivity contribution in [3.05, 3.63) is 24.3 Å². The number of ether oxygens (including phenoxy) is 1. The van der Waals surface area contributed by atoms with E-state index in [-0.39, 0.29) is 0 Å². The molecule has 0 saturated carbocycles. The van der Waals surface area contributed by atoms with Gasteiger partial charge in [0.15, 0.2) is 0 Å². The van der Waals surface area contributed by atoms with Gasteiger partial charge in [-0.15, -0.1) is 0 Å². The Morgan fingerprint density at radius 3 is 2.67 bits per heavy atom. The molecule has 1 radical (unpaired) electrons. The van der Waals surface area contributed by atoms with Crippen LogP contribution < -0.4 is 10.5 Å². The Labute approximate surface area is 54.2 Å². The van der Waals surface area contributed by atoms with Crippen molar-refractivity contribution in [1.82, 2.24) is 5.73 Å². The molecule has 2 heteroatoms. The Bertz CT molecular complexity index is 198. The van der Waals surface area contributed by atoms with E-state index in [1.807, 2.05) is 6.07 Å². The summed E-state index contributed by atoms with van der Waals surface area (Å²) in [6, 6.07) is 6.99. The highest BCUT2D eigenvalue weighted by Gasteiger charge is 1.88. The zero-order valence-corrected chi connectivity index (χ0v) is 5.22. The number of nitrogens with one attached hydrogen (secondary N) is 1. The number of hydrogen-bond acceptors (Lipinski definition) is 1. The van der Waals surface area contributed by atoms with Crippen molar-refractivity contribution < 1.29 is 4.74 Å². The largest absolute Gasteiger partial charge is 0.497 e. The maximum atomic E-state index is 7.16. The molecule has 0 atom stereocenters. The molecule has 1 aromatic rings. The van der Waals surface area contributed by atoms with E-state index < -0.39 is 0 Å². The second-order valence-corrected chi connectivity index (χ2v) is 1.73. The predicted molar refractivity (Wildman–Crippen MR) is 35.8 cm³/mol. The summed E-state index contributed by atoms with van der Waals surface area (Å²) in [4.78, 5) is 0. The lowest BCUT2D eigenvalue weighted by molar-refractivity contribution is 0.415. The van der Waals surface area contributed by atoms with E-state index in [1.54, 1.807) is 25.3 Å². The van der Waals surface area contributed by atoms with Crippen molar-refractivity contribution in [2.75, 3.05) is 7.11 Å². The van der Waals surface area contributed by atoms with E-state index >= 15 is 0 Å². The number of hydrogen-bond donors (Lipinski definition) is 0. The molecule has 0 aliphatic heterocycles. The number of benzene rings is 1. The van der Waals surface area contributed by atoms with E-state index in [1.165, 1.54) is 0 Å². The minimum Gasteiger partial charge on any atom is -0.497 e. The molecule has 0 heterocycles. The first-order valence-corrected chi connectivity index (χ1v) is 2.68. The van der Waals surface area contributed by atoms with E-state index in [9.17, 15) is 0 Å². The highest BCUT2D eigenvalue weighted by atomic mass is 16.5. The van der Waals surface area contributed by atoms with Crippen molar-refractivity contribution in [1.29, 1.82) is 0 Å². The molecule has 0 bridgehead atoms. The van der Waals surface area contributed by atoms with Crippen LogP contribution in [0.1, 0.15) is 0 Å². The van der Waals surface area contributed by atoms with Crippen LogP contribution >= 0.6 is 0 Å². The lowest BCUT2D eigenvalue weighted by atomic mass is 10.3. The molecular weight excluding hydrogens is 114 g/mol. The van der Waals surface area contributed by atoms with Gasteiger partial charge in [-0.05, 0) is 12.1 Å². The summed E-state index contributed by atoms with van der Waals surface area (Å²) >= 11 is 0. The van der Waals surface area contributed by atoms with Crippen molar-refractivity contribution in [3.63, 3.8) is 0 Å². The Kier molecular flexibility index (Phi) is 1.58. The predicted octanol–water partition coefficient (Wildman–Crippen LogP) is 1.61. The van der Waals surface area contributed by atoms with Crippen LogP contribution in [-0.2, 0) is 0 Å². The first-order valence-electron chi connectivity index (χ1n) is 2.68. The second kappa shape index (κ2) is 2.40. The van der Waals surface area contributed by atoms with Crippen LogP contribution in [0, 0.1) is 0 Å². The molecule has 0 saturated heterocycles. The third-order valence-electron chi connectivity index (χ3n) is 1.07. The van der Waals surface area contributed by atoms with E-state index in [0.29, 0.717) is 5.69 Å². The van der Waals surface area contributed by atoms with Gasteiger partial charge in [-0.1, -0.05) is 6.07 Å². The second-order valence-electron chi connectivity index (χ2n) is 1.73. The third-order valence-corrected chi connectivity index (χ3v) is 1.07. The highest BCUT2D eigenvalue weighted by Crippen LogP contribution is 2.13. The highest BCUT2D eigenvalue weighted by molar-refractivity contribution is 5.40. The van der Waals surface area contributed by atoms with Gasteiger partial charge in [-0.3, -0.25) is 0 Å². The minimum atomic E-state index is 0.481. The Morgan fingerprint density at radius 1 is 1.44 bits per heavy atom. The molecular formula is C7H8NO. The molecule has 0 fully saturated rings. The van der Waals surface area contributed by atoms with Crippen LogP contribution in [0.5, 0.6) is 5.75 Å². The smallest absolute Gasteiger partial charge is 0.120 e. The van der Waals surface area contributed by atoms with Crippen molar-refractivity contribution in [3.8, 4) is 5.75 Å². The van der Waals surface area contributed by atoms with Gasteiger partial charge in [0.05, 0.1) is 12.8 Å². The molecule has 0 spiro atoms. The summed E-state index contributed by atoms with van der Waals surface area (Å²) in [7, 11) is 1.59. The average Bonchev–Trinajstić information content (AvgIpc) is 1.88. The maximum absolute atomic E-state index is 7.16. The topological polar surface area (TPSA) is 33.0 Å². The summed E-state index contributed by atoms with van der Waals surface area (Å²) in [5.41, 5.74) is 7.64. The van der Waals surface area contributed by atoms with Gasteiger partial charge in [0.2, 0.25) is 0 Å². The molecule has 1 aromatic carbocycles. The Hall–Kier alpha value is -1.18. The molecule has 0 aliphatic carbocycles. The van der Waals surface area contributed by atoms with Crippen molar-refractivity contribution >= 4 is 5.69 Å². The van der Waals surface area contributed by atoms with Crippen LogP contribution in [0.2, 0.25) is 0 Å². The number of rotatable bonds is 1. The lowest BCUT2D eigenvalue weighted by Crippen LogP contribution is -1.80. The summed E-state index contributed by atoms with van der Waals surface area (Å²) in [6.45, 7) is 0. The fourth-order valence-electron chi connectivity index (χ4n) is 0.623. The maximum Gasteiger partial charge on any atom is 0.120 e. The summed E-state index contributed by atoms with van der Waals surface area (Å²) in [5.74, 6) is 0.738. The van der Waals surface area contributed by atoms with Gasteiger partial charge >= 0.3 is 0 Å². The van der Waals surface area contributed by atoms with Gasteiger partial charge < -0.3 is 10.5 Å². The SMILES string of the molecule is COc1cccc([NH])c1. The van der Waals surface area contributed by atoms with Gasteiger partial charge in [-0.2, -0.15) is 0 Å². The Morgan fingerprint density at radius 2 is 2.22 bits per heavy atom. The molecule has 0 unspecified atom stereocenters. The zero-order valence-electron chi connectivity index (χ0n) is 5.22. The fourth-order valence-corrected chi connectivity index (χ4v) is 0.623. The zero-order chi connectivity index (χ0) is 6.69. The van der Waals surface area contributed by atoms with Crippen LogP contribution in [-0.4, -0.2) is 7.11 Å². The number of methoxy groups -OCH3 is 1. The first-order chi connectivity index (χ1) is 4.33. The monoisotopic (exact) mass is 122 g/mol. The van der Waals surface area contributed by atoms with Crippen LogP contribution in [0.15, 0.2) is 24.3 Å². The quantitative estimate of drug-likeness (QED) is 0.557. The Balaban J connectivity index is 2.94. The standard InChI is InChI=1S/C7H8NO/c1-9-7-4-2-3-6(8)5-7/h2-5,8H,1H3. The average molecular weight is 122 g/mol. The molecule has 1 rings (SSSR count). The minimum absolute atomic E-state index is 0.481. The molecule has 0 aliphatic rings. The normalized spacial score (nSPS) is 9.00. The molecule has 0 amide bonds. The summed E-state index contributed by atoms with van der Waals surface area (Å²) in [5, 5.41) is 0. The van der Waals surface area contributed by atoms with E-state index in [4.69, 9.17) is 10.5 Å². The molecule has 2 nitrogen and oxygen atoms in total. The van der Waals surface area contributed by atoms with Crippen LogP contribution in [0.25, 0.3) is 0 Å². The van der Waals surface area contributed by atoms with Crippen LogP contribution in [0.3, 0.4) is 0 Å². The molecule has 1 N–H and O–H groups in total. The third kappa shape index (κ3) is 1.35. The van der Waals surface area contributed by atoms with Gasteiger partial charge in [0.25, 0.3) is 0 Å². The van der Waals surface area contributed by atoms with Gasteiger partial charge in [-0.25, -0.2) is 0 Å². The summed E-state index contributed by atoms with van der Waals surface area (Å²) < 4.78 is 4.88. The van der Waals surface area contributed by atoms with Gasteiger partial charge in [0, 0.05) is 6.07 Å². The first kappa shape index (κ1) is 5.95. The van der Waals surface area contributed by atoms with Crippen molar-refractivity contribution in [2.45, 2.75) is 0 Å². The summed E-state index contributed by atoms with van der Waals surface area (Å²) in [6.07, 6.45) is 0. The van der Waals surface area contributed by atoms with Gasteiger partial charge in [0.1, 0.15) is 5.75 Å². The lowest BCUT2D eigenvalue weighted by Gasteiger charge is -1.97.